The minimum atomic E-state index is 0.501. The summed E-state index contributed by atoms with van der Waals surface area (Å²) in [7, 11) is 0. The van der Waals surface area contributed by atoms with Crippen molar-refractivity contribution < 1.29 is 0 Å². The van der Waals surface area contributed by atoms with Crippen molar-refractivity contribution in [3.05, 3.63) is 28.8 Å². The zero-order valence-corrected chi connectivity index (χ0v) is 7.38. The maximum atomic E-state index is 4.30. The molecule has 10 heavy (non-hydrogen) atoms. The first-order valence-electron chi connectivity index (χ1n) is 3.17. The van der Waals surface area contributed by atoms with Crippen molar-refractivity contribution in [2.45, 2.75) is 6.92 Å². The molecular weight excluding hydrogens is 189 g/mol. The molecule has 0 unspecified atom stereocenters. The number of hydrogen-bond donors (Lipinski definition) is 0. The van der Waals surface area contributed by atoms with E-state index >= 15 is 0 Å². The summed E-state index contributed by atoms with van der Waals surface area (Å²) in [4.78, 5) is 4.30. The molecule has 1 aromatic heterocycles. The molecule has 1 heterocycles. The van der Waals surface area contributed by atoms with Gasteiger partial charge in [0, 0.05) is 0 Å². The van der Waals surface area contributed by atoms with Gasteiger partial charge in [-0.05, 0) is 0 Å². The van der Waals surface area contributed by atoms with E-state index in [0.717, 1.165) is 0 Å². The van der Waals surface area contributed by atoms with E-state index in [0.29, 0.717) is 14.5 Å². The van der Waals surface area contributed by atoms with Gasteiger partial charge in [-0.25, -0.2) is 0 Å². The molecule has 0 aliphatic heterocycles. The Morgan fingerprint density at radius 2 is 2.30 bits per heavy atom. The molecule has 0 aliphatic rings. The fourth-order valence-electron chi connectivity index (χ4n) is 1.03. The summed E-state index contributed by atoms with van der Waals surface area (Å²) in [5.41, 5.74) is 2.51. The summed E-state index contributed by atoms with van der Waals surface area (Å²) in [6, 6.07) is 6.37. The van der Waals surface area contributed by atoms with Crippen LogP contribution in [0.1, 0.15) is 5.56 Å². The average Bonchev–Trinajstić information content (AvgIpc) is 2.36. The molecule has 0 spiro atoms. The molecule has 0 atom stereocenters. The van der Waals surface area contributed by atoms with Crippen molar-refractivity contribution >= 4 is 24.3 Å². The third-order valence-electron chi connectivity index (χ3n) is 1.56. The molecule has 50 valence electrons. The molecule has 0 fully saturated rings. The summed E-state index contributed by atoms with van der Waals surface area (Å²) >= 11 is 0.501. The zero-order valence-electron chi connectivity index (χ0n) is 5.66. The van der Waals surface area contributed by atoms with Gasteiger partial charge < -0.3 is 0 Å². The van der Waals surface area contributed by atoms with Gasteiger partial charge in [-0.3, -0.25) is 0 Å². The molecule has 2 heteroatoms. The summed E-state index contributed by atoms with van der Waals surface area (Å²) in [5, 5.41) is 2.03. The first-order valence-corrected chi connectivity index (χ1v) is 5.01. The van der Waals surface area contributed by atoms with Crippen LogP contribution < -0.4 is 0 Å². The minimum absolute atomic E-state index is 0.501. The van der Waals surface area contributed by atoms with E-state index in [4.69, 9.17) is 0 Å². The van der Waals surface area contributed by atoms with Crippen LogP contribution in [-0.2, 0) is 0 Å². The number of rotatable bonds is 0. The van der Waals surface area contributed by atoms with E-state index in [1.807, 2.05) is 5.07 Å². The van der Waals surface area contributed by atoms with Crippen molar-refractivity contribution in [1.82, 2.24) is 4.98 Å². The number of nitrogens with zero attached hydrogens (tertiary/aromatic N) is 1. The Kier molecular flexibility index (Phi) is 1.37. The van der Waals surface area contributed by atoms with Crippen molar-refractivity contribution in [3.8, 4) is 0 Å². The number of benzene rings is 1. The molecule has 1 nitrogen and oxygen atoms in total. The van der Waals surface area contributed by atoms with Gasteiger partial charge in [-0.1, -0.05) is 0 Å². The van der Waals surface area contributed by atoms with Crippen LogP contribution in [0.25, 0.3) is 9.78 Å². The van der Waals surface area contributed by atoms with Crippen molar-refractivity contribution in [2.24, 2.45) is 0 Å². The number of aromatic nitrogens is 1. The van der Waals surface area contributed by atoms with Crippen LogP contribution in [0, 0.1) is 6.92 Å². The van der Waals surface area contributed by atoms with Crippen LogP contribution >= 0.6 is 0 Å². The third kappa shape index (κ3) is 0.808. The number of aryl methyl sites for hydroxylation is 1. The van der Waals surface area contributed by atoms with Gasteiger partial charge in [0.2, 0.25) is 0 Å². The number of hydrogen-bond acceptors (Lipinski definition) is 1. The molecule has 1 aromatic carbocycles. The van der Waals surface area contributed by atoms with Gasteiger partial charge in [-0.15, -0.1) is 0 Å². The van der Waals surface area contributed by atoms with E-state index in [2.05, 4.69) is 30.1 Å². The van der Waals surface area contributed by atoms with E-state index in [1.165, 1.54) is 15.3 Å². The Morgan fingerprint density at radius 3 is 3.10 bits per heavy atom. The van der Waals surface area contributed by atoms with Crippen molar-refractivity contribution in [3.63, 3.8) is 0 Å². The van der Waals surface area contributed by atoms with Gasteiger partial charge in [0.05, 0.1) is 0 Å². The standard InChI is InChI=1S/C8H7NSe/c1-6-3-2-4-7-8(6)9-5-10-7/h2-5H,1H3. The molecule has 0 aliphatic carbocycles. The Morgan fingerprint density at radius 1 is 1.40 bits per heavy atom. The van der Waals surface area contributed by atoms with E-state index in [9.17, 15) is 0 Å². The summed E-state index contributed by atoms with van der Waals surface area (Å²) in [6.07, 6.45) is 0. The van der Waals surface area contributed by atoms with Gasteiger partial charge >= 0.3 is 65.0 Å². The zero-order chi connectivity index (χ0) is 6.97. The van der Waals surface area contributed by atoms with Gasteiger partial charge in [0.25, 0.3) is 0 Å². The molecule has 0 N–H and O–H groups in total. The van der Waals surface area contributed by atoms with E-state index in [-0.39, 0.29) is 0 Å². The van der Waals surface area contributed by atoms with Crippen LogP contribution in [-0.4, -0.2) is 19.5 Å². The number of para-hydroxylation sites is 1. The summed E-state index contributed by atoms with van der Waals surface area (Å²) in [6.45, 7) is 2.11. The Balaban J connectivity index is 2.95. The van der Waals surface area contributed by atoms with Crippen LogP contribution in [0.3, 0.4) is 0 Å². The Bertz CT molecular complexity index is 351. The van der Waals surface area contributed by atoms with Gasteiger partial charge in [0.15, 0.2) is 0 Å². The molecule has 0 bridgehead atoms. The third-order valence-corrected chi connectivity index (χ3v) is 3.23. The van der Waals surface area contributed by atoms with Crippen LogP contribution in [0.2, 0.25) is 0 Å². The second kappa shape index (κ2) is 2.22. The molecule has 0 radical (unpaired) electrons. The fourth-order valence-corrected chi connectivity index (χ4v) is 2.61. The normalized spacial score (nSPS) is 10.5. The first-order chi connectivity index (χ1) is 4.88. The monoisotopic (exact) mass is 197 g/mol. The summed E-state index contributed by atoms with van der Waals surface area (Å²) in [5.74, 6) is 0. The van der Waals surface area contributed by atoms with Crippen LogP contribution in [0.4, 0.5) is 0 Å². The fraction of sp³-hybridized carbons (Fsp3) is 0.125. The number of fused-ring (bicyclic) bond motifs is 1. The molecule has 2 rings (SSSR count). The van der Waals surface area contributed by atoms with Crippen molar-refractivity contribution in [1.29, 1.82) is 0 Å². The predicted molar refractivity (Wildman–Crippen MR) is 43.4 cm³/mol. The SMILES string of the molecule is Cc1cccc2[se]cnc12. The molecule has 2 aromatic rings. The second-order valence-electron chi connectivity index (χ2n) is 2.27. The van der Waals surface area contributed by atoms with E-state index < -0.39 is 0 Å². The average molecular weight is 196 g/mol. The molecule has 0 saturated carbocycles. The first kappa shape index (κ1) is 6.14. The van der Waals surface area contributed by atoms with E-state index in [1.54, 1.807) is 0 Å². The van der Waals surface area contributed by atoms with Crippen molar-refractivity contribution in [2.75, 3.05) is 0 Å². The molecular formula is C8H7NSe. The topological polar surface area (TPSA) is 12.9 Å². The van der Waals surface area contributed by atoms with Crippen LogP contribution in [0.5, 0.6) is 0 Å². The molecule has 0 saturated heterocycles. The quantitative estimate of drug-likeness (QED) is 0.583. The Hall–Kier alpha value is -0.591. The maximum absolute atomic E-state index is 4.30. The van der Waals surface area contributed by atoms with Crippen LogP contribution in [0.15, 0.2) is 23.3 Å². The van der Waals surface area contributed by atoms with Gasteiger partial charge in [-0.2, -0.15) is 0 Å². The Labute approximate surface area is 65.5 Å². The van der Waals surface area contributed by atoms with Gasteiger partial charge in [0.1, 0.15) is 0 Å². The molecule has 0 amide bonds. The second-order valence-corrected chi connectivity index (χ2v) is 4.13. The predicted octanol–water partition coefficient (Wildman–Crippen LogP) is 1.60. The summed E-state index contributed by atoms with van der Waals surface area (Å²) < 4.78 is 1.42.